The Kier molecular flexibility index (Phi) is 5.43. The average molecular weight is 266 g/mol. The first-order chi connectivity index (χ1) is 7.13. The van der Waals surface area contributed by atoms with E-state index in [4.69, 9.17) is 23.2 Å². The van der Waals surface area contributed by atoms with Crippen molar-refractivity contribution >= 4 is 40.4 Å². The molecule has 0 bridgehead atoms. The van der Waals surface area contributed by atoms with Crippen LogP contribution in [0.25, 0.3) is 0 Å². The number of amides is 1. The molecule has 0 aromatic carbocycles. The van der Waals surface area contributed by atoms with Crippen molar-refractivity contribution in [3.05, 3.63) is 21.3 Å². The van der Waals surface area contributed by atoms with Gasteiger partial charge in [-0.25, -0.2) is 0 Å². The maximum atomic E-state index is 11.4. The summed E-state index contributed by atoms with van der Waals surface area (Å²) < 4.78 is 0.783. The van der Waals surface area contributed by atoms with Crippen LogP contribution >= 0.6 is 34.5 Å². The van der Waals surface area contributed by atoms with Crippen LogP contribution in [0.15, 0.2) is 12.1 Å². The summed E-state index contributed by atoms with van der Waals surface area (Å²) in [5.74, 6) is 0.239. The Labute approximate surface area is 104 Å². The lowest BCUT2D eigenvalue weighted by Crippen LogP contribution is -2.31. The molecular weight excluding hydrogens is 253 g/mol. The number of thiophene rings is 1. The van der Waals surface area contributed by atoms with Crippen molar-refractivity contribution in [2.24, 2.45) is 5.92 Å². The third-order valence-corrected chi connectivity index (χ3v) is 3.73. The Morgan fingerprint density at radius 2 is 2.33 bits per heavy atom. The van der Waals surface area contributed by atoms with Crippen molar-refractivity contribution < 1.29 is 4.79 Å². The van der Waals surface area contributed by atoms with Crippen LogP contribution in [0, 0.1) is 5.92 Å². The number of carbonyl (C=O) groups is 1. The molecule has 1 N–H and O–H groups in total. The zero-order valence-corrected chi connectivity index (χ0v) is 10.8. The number of hydrogen-bond acceptors (Lipinski definition) is 2. The molecule has 0 aliphatic heterocycles. The molecular formula is C10H13Cl2NOS. The molecule has 2 nitrogen and oxygen atoms in total. The van der Waals surface area contributed by atoms with Crippen LogP contribution in [0.5, 0.6) is 0 Å². The van der Waals surface area contributed by atoms with Gasteiger partial charge in [0.15, 0.2) is 0 Å². The quantitative estimate of drug-likeness (QED) is 0.816. The molecule has 0 spiro atoms. The van der Waals surface area contributed by atoms with E-state index < -0.39 is 0 Å². The van der Waals surface area contributed by atoms with E-state index in [0.29, 0.717) is 12.4 Å². The van der Waals surface area contributed by atoms with Crippen LogP contribution < -0.4 is 5.32 Å². The molecule has 1 heterocycles. The van der Waals surface area contributed by atoms with Gasteiger partial charge in [-0.15, -0.1) is 22.9 Å². The maximum absolute atomic E-state index is 11.4. The minimum absolute atomic E-state index is 0.00709. The largest absolute Gasteiger partial charge is 0.355 e. The first kappa shape index (κ1) is 12.8. The summed E-state index contributed by atoms with van der Waals surface area (Å²) in [5.41, 5.74) is 0. The molecule has 0 aliphatic rings. The molecule has 0 saturated heterocycles. The van der Waals surface area contributed by atoms with Gasteiger partial charge in [-0.3, -0.25) is 4.79 Å². The van der Waals surface area contributed by atoms with Gasteiger partial charge < -0.3 is 5.32 Å². The van der Waals surface area contributed by atoms with E-state index in [1.807, 2.05) is 19.1 Å². The second kappa shape index (κ2) is 6.36. The Morgan fingerprint density at radius 1 is 1.60 bits per heavy atom. The van der Waals surface area contributed by atoms with E-state index >= 15 is 0 Å². The maximum Gasteiger partial charge on any atom is 0.224 e. The number of rotatable bonds is 5. The van der Waals surface area contributed by atoms with Gasteiger partial charge in [0.2, 0.25) is 5.91 Å². The molecule has 1 rings (SSSR count). The molecule has 0 saturated carbocycles. The normalized spacial score (nSPS) is 12.5. The van der Waals surface area contributed by atoms with Crippen molar-refractivity contribution in [2.75, 3.05) is 12.4 Å². The van der Waals surface area contributed by atoms with Crippen LogP contribution in [-0.2, 0) is 11.2 Å². The highest BCUT2D eigenvalue weighted by molar-refractivity contribution is 7.16. The lowest BCUT2D eigenvalue weighted by molar-refractivity contribution is -0.123. The number of nitrogens with one attached hydrogen (secondary N) is 1. The van der Waals surface area contributed by atoms with Gasteiger partial charge in [0.25, 0.3) is 0 Å². The summed E-state index contributed by atoms with van der Waals surface area (Å²) in [4.78, 5) is 12.5. The minimum atomic E-state index is -0.126. The van der Waals surface area contributed by atoms with Gasteiger partial charge >= 0.3 is 0 Å². The molecule has 1 aromatic rings. The Morgan fingerprint density at radius 3 is 2.87 bits per heavy atom. The van der Waals surface area contributed by atoms with Crippen LogP contribution in [0.4, 0.5) is 0 Å². The number of alkyl halides is 1. The fourth-order valence-corrected chi connectivity index (χ4v) is 2.27. The fraction of sp³-hybridized carbons (Fsp3) is 0.500. The molecule has 1 unspecified atom stereocenters. The van der Waals surface area contributed by atoms with Crippen LogP contribution in [0.3, 0.4) is 0 Å². The molecule has 84 valence electrons. The highest BCUT2D eigenvalue weighted by atomic mass is 35.5. The second-order valence-corrected chi connectivity index (χ2v) is 5.41. The highest BCUT2D eigenvalue weighted by Gasteiger charge is 2.10. The molecule has 15 heavy (non-hydrogen) atoms. The number of halogens is 2. The fourth-order valence-electron chi connectivity index (χ4n) is 1.04. The Balaban J connectivity index is 2.24. The van der Waals surface area contributed by atoms with Gasteiger partial charge in [0, 0.05) is 23.2 Å². The zero-order valence-electron chi connectivity index (χ0n) is 8.43. The second-order valence-electron chi connectivity index (χ2n) is 3.30. The molecule has 0 fully saturated rings. The van der Waals surface area contributed by atoms with Crippen molar-refractivity contribution in [3.63, 3.8) is 0 Å². The van der Waals surface area contributed by atoms with E-state index in [-0.39, 0.29) is 11.8 Å². The van der Waals surface area contributed by atoms with Gasteiger partial charge in [-0.05, 0) is 18.6 Å². The SMILES string of the molecule is CC(CCl)C(=O)NCCc1ccc(Cl)s1. The van der Waals surface area contributed by atoms with Crippen LogP contribution in [-0.4, -0.2) is 18.3 Å². The first-order valence-corrected chi connectivity index (χ1v) is 6.44. The molecule has 1 atom stereocenters. The van der Waals surface area contributed by atoms with Crippen molar-refractivity contribution in [1.29, 1.82) is 0 Å². The van der Waals surface area contributed by atoms with Crippen molar-refractivity contribution in [2.45, 2.75) is 13.3 Å². The molecule has 1 aromatic heterocycles. The van der Waals surface area contributed by atoms with Gasteiger partial charge in [-0.1, -0.05) is 18.5 Å². The van der Waals surface area contributed by atoms with E-state index in [0.717, 1.165) is 10.8 Å². The standard InChI is InChI=1S/C10H13Cl2NOS/c1-7(6-11)10(14)13-5-4-8-2-3-9(12)15-8/h2-3,7H,4-6H2,1H3,(H,13,14). The zero-order chi connectivity index (χ0) is 11.3. The van der Waals surface area contributed by atoms with E-state index in [9.17, 15) is 4.79 Å². The van der Waals surface area contributed by atoms with E-state index in [1.165, 1.54) is 4.88 Å². The molecule has 1 amide bonds. The third kappa shape index (κ3) is 4.41. The topological polar surface area (TPSA) is 29.1 Å². The van der Waals surface area contributed by atoms with Gasteiger partial charge in [0.05, 0.1) is 4.34 Å². The summed E-state index contributed by atoms with van der Waals surface area (Å²) in [7, 11) is 0. The monoisotopic (exact) mass is 265 g/mol. The van der Waals surface area contributed by atoms with Gasteiger partial charge in [-0.2, -0.15) is 0 Å². The smallest absolute Gasteiger partial charge is 0.224 e. The lowest BCUT2D eigenvalue weighted by atomic mass is 10.2. The summed E-state index contributed by atoms with van der Waals surface area (Å²) in [6.07, 6.45) is 0.818. The third-order valence-electron chi connectivity index (χ3n) is 1.98. The van der Waals surface area contributed by atoms with Crippen molar-refractivity contribution in [3.8, 4) is 0 Å². The van der Waals surface area contributed by atoms with E-state index in [1.54, 1.807) is 11.3 Å². The summed E-state index contributed by atoms with van der Waals surface area (Å²) in [5, 5.41) is 2.83. The van der Waals surface area contributed by atoms with Gasteiger partial charge in [0.1, 0.15) is 0 Å². The van der Waals surface area contributed by atoms with Crippen molar-refractivity contribution in [1.82, 2.24) is 5.32 Å². The summed E-state index contributed by atoms with van der Waals surface area (Å²) in [6.45, 7) is 2.45. The average Bonchev–Trinajstić information content (AvgIpc) is 2.63. The molecule has 0 radical (unpaired) electrons. The summed E-state index contributed by atoms with van der Waals surface area (Å²) in [6, 6.07) is 3.84. The minimum Gasteiger partial charge on any atom is -0.355 e. The number of carbonyl (C=O) groups excluding carboxylic acids is 1. The number of hydrogen-bond donors (Lipinski definition) is 1. The molecule has 5 heteroatoms. The lowest BCUT2D eigenvalue weighted by Gasteiger charge is -2.08. The van der Waals surface area contributed by atoms with Crippen LogP contribution in [0.2, 0.25) is 4.34 Å². The highest BCUT2D eigenvalue weighted by Crippen LogP contribution is 2.21. The first-order valence-electron chi connectivity index (χ1n) is 4.71. The predicted octanol–water partition coefficient (Wildman–Crippen LogP) is 2.94. The Bertz CT molecular complexity index is 327. The summed E-state index contributed by atoms with van der Waals surface area (Å²) >= 11 is 12.9. The van der Waals surface area contributed by atoms with Crippen LogP contribution in [0.1, 0.15) is 11.8 Å². The predicted molar refractivity (Wildman–Crippen MR) is 65.9 cm³/mol. The molecule has 0 aliphatic carbocycles. The Hall–Kier alpha value is -0.250. The van der Waals surface area contributed by atoms with E-state index in [2.05, 4.69) is 5.32 Å².